The molecule has 108 valence electrons. The summed E-state index contributed by atoms with van der Waals surface area (Å²) in [6.07, 6.45) is 1.92. The third-order valence-electron chi connectivity index (χ3n) is 3.13. The van der Waals surface area contributed by atoms with E-state index in [2.05, 4.69) is 12.2 Å². The molecule has 0 bridgehead atoms. The first-order valence-corrected chi connectivity index (χ1v) is 6.84. The van der Waals surface area contributed by atoms with E-state index in [1.165, 1.54) is 6.07 Å². The van der Waals surface area contributed by atoms with Crippen LogP contribution in [-0.4, -0.2) is 17.0 Å². The summed E-state index contributed by atoms with van der Waals surface area (Å²) < 4.78 is 0. The number of aromatic carboxylic acids is 1. The van der Waals surface area contributed by atoms with E-state index in [1.807, 2.05) is 18.2 Å². The number of rotatable bonds is 5. The van der Waals surface area contributed by atoms with Crippen molar-refractivity contribution < 1.29 is 14.7 Å². The van der Waals surface area contributed by atoms with Crippen LogP contribution in [0.3, 0.4) is 0 Å². The van der Waals surface area contributed by atoms with Crippen molar-refractivity contribution in [2.45, 2.75) is 19.8 Å². The van der Waals surface area contributed by atoms with Gasteiger partial charge in [0.25, 0.3) is 5.91 Å². The Labute approximate surface area is 123 Å². The fraction of sp³-hybridized carbons (Fsp3) is 0.176. The Morgan fingerprint density at radius 1 is 1.10 bits per heavy atom. The van der Waals surface area contributed by atoms with Crippen LogP contribution in [0.15, 0.2) is 48.5 Å². The monoisotopic (exact) mass is 283 g/mol. The number of anilines is 1. The molecule has 2 aromatic rings. The number of amides is 1. The zero-order chi connectivity index (χ0) is 15.2. The predicted octanol–water partition coefficient (Wildman–Crippen LogP) is 3.59. The van der Waals surface area contributed by atoms with Crippen LogP contribution in [0, 0.1) is 0 Å². The minimum absolute atomic E-state index is 0.0792. The second-order valence-corrected chi connectivity index (χ2v) is 4.76. The van der Waals surface area contributed by atoms with Gasteiger partial charge in [-0.25, -0.2) is 4.79 Å². The number of carboxylic acids is 1. The zero-order valence-corrected chi connectivity index (χ0v) is 11.8. The quantitative estimate of drug-likeness (QED) is 0.881. The summed E-state index contributed by atoms with van der Waals surface area (Å²) in [7, 11) is 0. The van der Waals surface area contributed by atoms with E-state index < -0.39 is 5.97 Å². The summed E-state index contributed by atoms with van der Waals surface area (Å²) in [5.74, 6) is -1.37. The Morgan fingerprint density at radius 2 is 1.86 bits per heavy atom. The van der Waals surface area contributed by atoms with Crippen molar-refractivity contribution >= 4 is 17.6 Å². The lowest BCUT2D eigenvalue weighted by Crippen LogP contribution is -2.15. The van der Waals surface area contributed by atoms with Gasteiger partial charge in [-0.2, -0.15) is 0 Å². The molecule has 0 saturated carbocycles. The number of hydrogen-bond donors (Lipinski definition) is 2. The molecule has 0 unspecified atom stereocenters. The Bertz CT molecular complexity index is 665. The lowest BCUT2D eigenvalue weighted by Gasteiger charge is -2.09. The van der Waals surface area contributed by atoms with Crippen molar-refractivity contribution in [2.24, 2.45) is 0 Å². The van der Waals surface area contributed by atoms with Gasteiger partial charge in [-0.15, -0.1) is 0 Å². The largest absolute Gasteiger partial charge is 0.478 e. The molecule has 0 fully saturated rings. The molecule has 21 heavy (non-hydrogen) atoms. The van der Waals surface area contributed by atoms with Gasteiger partial charge in [0.15, 0.2) is 0 Å². The van der Waals surface area contributed by atoms with Gasteiger partial charge >= 0.3 is 5.97 Å². The second kappa shape index (κ2) is 6.70. The molecule has 0 atom stereocenters. The van der Waals surface area contributed by atoms with Gasteiger partial charge in [-0.3, -0.25) is 4.79 Å². The molecule has 2 aromatic carbocycles. The van der Waals surface area contributed by atoms with E-state index in [-0.39, 0.29) is 11.5 Å². The molecule has 0 saturated heterocycles. The lowest BCUT2D eigenvalue weighted by atomic mass is 10.1. The van der Waals surface area contributed by atoms with Crippen molar-refractivity contribution in [3.8, 4) is 0 Å². The third kappa shape index (κ3) is 3.69. The molecule has 4 heteroatoms. The average Bonchev–Trinajstić information content (AvgIpc) is 2.48. The van der Waals surface area contributed by atoms with Crippen molar-refractivity contribution in [3.05, 3.63) is 65.2 Å². The Kier molecular flexibility index (Phi) is 4.72. The number of carbonyl (C=O) groups excluding carboxylic acids is 1. The third-order valence-corrected chi connectivity index (χ3v) is 3.13. The van der Waals surface area contributed by atoms with Gasteiger partial charge in [-0.1, -0.05) is 37.6 Å². The van der Waals surface area contributed by atoms with Crippen LogP contribution in [-0.2, 0) is 6.42 Å². The number of carbonyl (C=O) groups is 2. The normalized spacial score (nSPS) is 10.1. The molecule has 0 aromatic heterocycles. The summed E-state index contributed by atoms with van der Waals surface area (Å²) in [5, 5.41) is 11.8. The molecule has 0 aliphatic carbocycles. The van der Waals surface area contributed by atoms with Crippen LogP contribution in [0.25, 0.3) is 0 Å². The van der Waals surface area contributed by atoms with Crippen molar-refractivity contribution in [1.82, 2.24) is 0 Å². The summed E-state index contributed by atoms with van der Waals surface area (Å²) in [6.45, 7) is 2.08. The van der Waals surface area contributed by atoms with Crippen molar-refractivity contribution in [3.63, 3.8) is 0 Å². The average molecular weight is 283 g/mol. The van der Waals surface area contributed by atoms with Crippen molar-refractivity contribution in [1.29, 1.82) is 0 Å². The number of para-hydroxylation sites is 1. The predicted molar refractivity (Wildman–Crippen MR) is 81.8 cm³/mol. The second-order valence-electron chi connectivity index (χ2n) is 4.76. The van der Waals surface area contributed by atoms with E-state index in [0.717, 1.165) is 18.4 Å². The van der Waals surface area contributed by atoms with Crippen LogP contribution < -0.4 is 5.32 Å². The van der Waals surface area contributed by atoms with Crippen molar-refractivity contribution in [2.75, 3.05) is 5.32 Å². The smallest absolute Gasteiger partial charge is 0.337 e. The number of nitrogens with one attached hydrogen (secondary N) is 1. The number of hydrogen-bond acceptors (Lipinski definition) is 2. The fourth-order valence-corrected chi connectivity index (χ4v) is 2.13. The van der Waals surface area contributed by atoms with E-state index in [4.69, 9.17) is 5.11 Å². The minimum atomic E-state index is -1.06. The molecule has 2 rings (SSSR count). The van der Waals surface area contributed by atoms with Gasteiger partial charge in [0.1, 0.15) is 0 Å². The molecule has 0 spiro atoms. The first-order chi connectivity index (χ1) is 10.1. The fourth-order valence-electron chi connectivity index (χ4n) is 2.13. The number of aryl methyl sites for hydroxylation is 1. The molecular weight excluding hydrogens is 266 g/mol. The Balaban J connectivity index is 2.22. The first-order valence-electron chi connectivity index (χ1n) is 6.84. The van der Waals surface area contributed by atoms with Gasteiger partial charge in [-0.05, 0) is 36.2 Å². The summed E-state index contributed by atoms with van der Waals surface area (Å²) >= 11 is 0. The topological polar surface area (TPSA) is 66.4 Å². The van der Waals surface area contributed by atoms with Gasteiger partial charge < -0.3 is 10.4 Å². The van der Waals surface area contributed by atoms with E-state index in [9.17, 15) is 9.59 Å². The molecule has 0 aliphatic heterocycles. The maximum atomic E-state index is 12.2. The summed E-state index contributed by atoms with van der Waals surface area (Å²) in [5.41, 5.74) is 2.00. The highest BCUT2D eigenvalue weighted by Crippen LogP contribution is 2.17. The Morgan fingerprint density at radius 3 is 2.57 bits per heavy atom. The van der Waals surface area contributed by atoms with Gasteiger partial charge in [0.2, 0.25) is 0 Å². The molecule has 0 heterocycles. The zero-order valence-electron chi connectivity index (χ0n) is 11.8. The van der Waals surface area contributed by atoms with Gasteiger partial charge in [0.05, 0.1) is 11.3 Å². The van der Waals surface area contributed by atoms with Crippen LogP contribution in [0.2, 0.25) is 0 Å². The first kappa shape index (κ1) is 14.8. The van der Waals surface area contributed by atoms with E-state index in [0.29, 0.717) is 11.3 Å². The maximum Gasteiger partial charge on any atom is 0.337 e. The highest BCUT2D eigenvalue weighted by Gasteiger charge is 2.13. The number of carboxylic acid groups (broad SMARTS) is 1. The molecule has 4 nitrogen and oxygen atoms in total. The molecular formula is C17H17NO3. The Hall–Kier alpha value is -2.62. The van der Waals surface area contributed by atoms with Crippen LogP contribution in [0.1, 0.15) is 39.6 Å². The van der Waals surface area contributed by atoms with E-state index in [1.54, 1.807) is 24.3 Å². The molecule has 0 aliphatic rings. The summed E-state index contributed by atoms with van der Waals surface area (Å²) in [6, 6.07) is 13.7. The molecule has 2 N–H and O–H groups in total. The highest BCUT2D eigenvalue weighted by molar-refractivity contribution is 6.07. The minimum Gasteiger partial charge on any atom is -0.478 e. The number of benzene rings is 2. The lowest BCUT2D eigenvalue weighted by molar-refractivity contribution is 0.0698. The highest BCUT2D eigenvalue weighted by atomic mass is 16.4. The standard InChI is InChI=1S/C17H17NO3/c1-2-6-12-7-5-8-13(11-12)16(19)18-15-10-4-3-9-14(15)17(20)21/h3-5,7-11H,2,6H2,1H3,(H,18,19)(H,20,21). The van der Waals surface area contributed by atoms with Gasteiger partial charge in [0, 0.05) is 5.56 Å². The van der Waals surface area contributed by atoms with Crippen LogP contribution >= 0.6 is 0 Å². The van der Waals surface area contributed by atoms with Crippen LogP contribution in [0.5, 0.6) is 0 Å². The maximum absolute atomic E-state index is 12.2. The SMILES string of the molecule is CCCc1cccc(C(=O)Nc2ccccc2C(=O)O)c1. The van der Waals surface area contributed by atoms with Crippen LogP contribution in [0.4, 0.5) is 5.69 Å². The molecule has 0 radical (unpaired) electrons. The summed E-state index contributed by atoms with van der Waals surface area (Å²) in [4.78, 5) is 23.4. The van der Waals surface area contributed by atoms with E-state index >= 15 is 0 Å². The molecule has 1 amide bonds.